The number of piperidine rings is 1. The first-order chi connectivity index (χ1) is 15.1. The average Bonchev–Trinajstić information content (AvgIpc) is 3.40. The van der Waals surface area contributed by atoms with E-state index >= 15 is 0 Å². The number of benzene rings is 2. The number of fused-ring (bicyclic) bond motifs is 4. The molecule has 2 bridgehead atoms. The van der Waals surface area contributed by atoms with E-state index in [1.54, 1.807) is 6.07 Å². The van der Waals surface area contributed by atoms with Gasteiger partial charge in [0.05, 0.1) is 11.0 Å². The van der Waals surface area contributed by atoms with Gasteiger partial charge in [-0.25, -0.2) is 0 Å². The van der Waals surface area contributed by atoms with Gasteiger partial charge in [-0.1, -0.05) is 24.3 Å². The smallest absolute Gasteiger partial charge is 0.169 e. The predicted molar refractivity (Wildman–Crippen MR) is 114 cm³/mol. The fourth-order valence-electron chi connectivity index (χ4n) is 7.42. The second-order valence-corrected chi connectivity index (χ2v) is 10.4. The van der Waals surface area contributed by atoms with Gasteiger partial charge in [0.1, 0.15) is 11.3 Å². The second kappa shape index (κ2) is 5.28. The van der Waals surface area contributed by atoms with Crippen LogP contribution in [0.25, 0.3) is 11.0 Å². The SMILES string of the molecule is Oc1ccc2c3c1O[C@H]1c4oc5ccccc5c4C[C@@]4(O)C(C2)N(CC2CC2)CC[C@]314. The second-order valence-electron chi connectivity index (χ2n) is 10.4. The first-order valence-corrected chi connectivity index (χ1v) is 11.6. The Bertz CT molecular complexity index is 1280. The Morgan fingerprint density at radius 1 is 1.13 bits per heavy atom. The molecule has 1 unspecified atom stereocenters. The Hall–Kier alpha value is -2.50. The van der Waals surface area contributed by atoms with Crippen molar-refractivity contribution in [2.75, 3.05) is 13.1 Å². The minimum atomic E-state index is -0.948. The van der Waals surface area contributed by atoms with Crippen LogP contribution in [0.3, 0.4) is 0 Å². The number of rotatable bonds is 2. The first-order valence-electron chi connectivity index (χ1n) is 11.6. The number of hydrogen-bond acceptors (Lipinski definition) is 5. The fraction of sp³-hybridized carbons (Fsp3) is 0.462. The Balaban J connectivity index is 1.43. The van der Waals surface area contributed by atoms with Gasteiger partial charge >= 0.3 is 0 Å². The number of ether oxygens (including phenoxy) is 1. The third-order valence-electron chi connectivity index (χ3n) is 8.93. The maximum Gasteiger partial charge on any atom is 0.169 e. The molecule has 1 saturated carbocycles. The van der Waals surface area contributed by atoms with Crippen molar-refractivity contribution < 1.29 is 19.4 Å². The third-order valence-corrected chi connectivity index (χ3v) is 8.93. The summed E-state index contributed by atoms with van der Waals surface area (Å²) in [5.41, 5.74) is 2.65. The van der Waals surface area contributed by atoms with Gasteiger partial charge in [-0.05, 0) is 55.8 Å². The monoisotopic (exact) mass is 415 g/mol. The summed E-state index contributed by atoms with van der Waals surface area (Å²) in [6, 6.07) is 12.0. The highest BCUT2D eigenvalue weighted by Crippen LogP contribution is 2.69. The molecule has 3 aliphatic carbocycles. The quantitative estimate of drug-likeness (QED) is 0.666. The molecule has 2 N–H and O–H groups in total. The molecule has 2 aromatic carbocycles. The number of phenolic OH excluding ortho intramolecular Hbond substituents is 1. The van der Waals surface area contributed by atoms with Crippen LogP contribution in [0.4, 0.5) is 0 Å². The van der Waals surface area contributed by atoms with Crippen molar-refractivity contribution in [3.8, 4) is 11.5 Å². The highest BCUT2D eigenvalue weighted by atomic mass is 16.5. The fourth-order valence-corrected chi connectivity index (χ4v) is 7.42. The van der Waals surface area contributed by atoms with Crippen LogP contribution >= 0.6 is 0 Å². The molecule has 2 aliphatic heterocycles. The molecular formula is C26H25NO4. The molecular weight excluding hydrogens is 390 g/mol. The van der Waals surface area contributed by atoms with Crippen LogP contribution in [0.2, 0.25) is 0 Å². The predicted octanol–water partition coefficient (Wildman–Crippen LogP) is 3.84. The Labute approximate surface area is 180 Å². The van der Waals surface area contributed by atoms with Crippen LogP contribution in [0.5, 0.6) is 11.5 Å². The molecule has 4 atom stereocenters. The molecule has 8 rings (SSSR count). The molecule has 0 radical (unpaired) electrons. The zero-order valence-electron chi connectivity index (χ0n) is 17.3. The summed E-state index contributed by atoms with van der Waals surface area (Å²) in [5, 5.41) is 24.5. The van der Waals surface area contributed by atoms with Crippen molar-refractivity contribution in [3.63, 3.8) is 0 Å². The number of hydrogen-bond donors (Lipinski definition) is 2. The number of furan rings is 1. The summed E-state index contributed by atoms with van der Waals surface area (Å²) >= 11 is 0. The van der Waals surface area contributed by atoms with Gasteiger partial charge in [0.15, 0.2) is 17.6 Å². The topological polar surface area (TPSA) is 66.1 Å². The molecule has 5 heteroatoms. The van der Waals surface area contributed by atoms with Crippen molar-refractivity contribution >= 4 is 11.0 Å². The maximum atomic E-state index is 12.7. The van der Waals surface area contributed by atoms with Crippen LogP contribution in [0, 0.1) is 5.92 Å². The summed E-state index contributed by atoms with van der Waals surface area (Å²) in [7, 11) is 0. The van der Waals surface area contributed by atoms with Gasteiger partial charge in [-0.2, -0.15) is 0 Å². The zero-order valence-corrected chi connectivity index (χ0v) is 17.3. The lowest BCUT2D eigenvalue weighted by molar-refractivity contribution is -0.175. The molecule has 1 saturated heterocycles. The molecule has 31 heavy (non-hydrogen) atoms. The van der Waals surface area contributed by atoms with Gasteiger partial charge < -0.3 is 19.4 Å². The summed E-state index contributed by atoms with van der Waals surface area (Å²) in [6.07, 6.45) is 4.40. The number of para-hydroxylation sites is 1. The minimum absolute atomic E-state index is 0.0535. The van der Waals surface area contributed by atoms with E-state index < -0.39 is 17.1 Å². The Kier molecular flexibility index (Phi) is 2.91. The summed E-state index contributed by atoms with van der Waals surface area (Å²) in [4.78, 5) is 2.56. The van der Waals surface area contributed by atoms with Gasteiger partial charge in [-0.3, -0.25) is 4.90 Å². The number of likely N-dealkylation sites (tertiary alicyclic amines) is 1. The Morgan fingerprint density at radius 2 is 2.00 bits per heavy atom. The van der Waals surface area contributed by atoms with Crippen molar-refractivity contribution in [2.24, 2.45) is 5.92 Å². The molecule has 5 nitrogen and oxygen atoms in total. The highest BCUT2D eigenvalue weighted by Gasteiger charge is 2.73. The molecule has 2 fully saturated rings. The number of aliphatic hydroxyl groups is 1. The molecule has 158 valence electrons. The molecule has 5 aliphatic rings. The van der Waals surface area contributed by atoms with Crippen LogP contribution < -0.4 is 4.74 Å². The molecule has 0 amide bonds. The summed E-state index contributed by atoms with van der Waals surface area (Å²) in [6.45, 7) is 2.03. The third kappa shape index (κ3) is 1.84. The number of aromatic hydroxyl groups is 1. The van der Waals surface area contributed by atoms with Crippen molar-refractivity contribution in [2.45, 2.75) is 55.3 Å². The lowest BCUT2D eigenvalue weighted by Crippen LogP contribution is -2.74. The highest BCUT2D eigenvalue weighted by molar-refractivity contribution is 5.84. The van der Waals surface area contributed by atoms with E-state index in [1.807, 2.05) is 24.3 Å². The lowest BCUT2D eigenvalue weighted by Gasteiger charge is -2.62. The van der Waals surface area contributed by atoms with Crippen LogP contribution in [-0.4, -0.2) is 39.8 Å². The van der Waals surface area contributed by atoms with E-state index in [0.717, 1.165) is 59.7 Å². The summed E-state index contributed by atoms with van der Waals surface area (Å²) in [5.74, 6) is 2.34. The largest absolute Gasteiger partial charge is 0.504 e. The van der Waals surface area contributed by atoms with Crippen molar-refractivity contribution in [1.29, 1.82) is 0 Å². The molecule has 1 spiro atoms. The number of phenols is 1. The van der Waals surface area contributed by atoms with Gasteiger partial charge in [0.25, 0.3) is 0 Å². The van der Waals surface area contributed by atoms with E-state index in [9.17, 15) is 10.2 Å². The van der Waals surface area contributed by atoms with Gasteiger partial charge in [-0.15, -0.1) is 0 Å². The van der Waals surface area contributed by atoms with E-state index in [1.165, 1.54) is 18.4 Å². The van der Waals surface area contributed by atoms with E-state index in [-0.39, 0.29) is 11.8 Å². The lowest BCUT2D eigenvalue weighted by atomic mass is 9.49. The van der Waals surface area contributed by atoms with E-state index in [0.29, 0.717) is 12.2 Å². The minimum Gasteiger partial charge on any atom is -0.504 e. The van der Waals surface area contributed by atoms with Crippen LogP contribution in [0.15, 0.2) is 40.8 Å². The maximum absolute atomic E-state index is 12.7. The first kappa shape index (κ1) is 17.1. The van der Waals surface area contributed by atoms with Gasteiger partial charge in [0, 0.05) is 35.5 Å². The Morgan fingerprint density at radius 3 is 2.87 bits per heavy atom. The normalized spacial score (nSPS) is 35.0. The standard InChI is InChI=1S/C26H25NO4/c28-18-8-7-15-11-20-26(29)12-17-16-3-1-2-4-19(16)30-22(17)24-25(26,21(15)23(18)31-24)9-10-27(20)13-14-5-6-14/h1-4,7-8,14,20,24,28-29H,5-6,9-13H2/t20?,24-,25-,26+/m0/s1. The van der Waals surface area contributed by atoms with Crippen LogP contribution in [-0.2, 0) is 18.3 Å². The average molecular weight is 415 g/mol. The van der Waals surface area contributed by atoms with Crippen molar-refractivity contribution in [1.82, 2.24) is 4.90 Å². The van der Waals surface area contributed by atoms with Gasteiger partial charge in [0.2, 0.25) is 0 Å². The molecule has 3 heterocycles. The van der Waals surface area contributed by atoms with E-state index in [4.69, 9.17) is 9.15 Å². The van der Waals surface area contributed by atoms with E-state index in [2.05, 4.69) is 11.0 Å². The van der Waals surface area contributed by atoms with Crippen molar-refractivity contribution in [3.05, 3.63) is 58.8 Å². The van der Waals surface area contributed by atoms with Crippen LogP contribution in [0.1, 0.15) is 47.8 Å². The molecule has 3 aromatic rings. The molecule has 1 aromatic heterocycles. The zero-order chi connectivity index (χ0) is 20.5. The summed E-state index contributed by atoms with van der Waals surface area (Å²) < 4.78 is 12.9. The number of nitrogens with zero attached hydrogens (tertiary/aromatic N) is 1.